The molecule has 1 N–H and O–H groups in total. The minimum atomic E-state index is -0.188. The number of piperazine rings is 1. The van der Waals surface area contributed by atoms with Crippen molar-refractivity contribution in [3.8, 4) is 0 Å². The molecule has 2 aliphatic heterocycles. The number of rotatable bonds is 5. The molecule has 0 aromatic heterocycles. The van der Waals surface area contributed by atoms with Crippen LogP contribution in [0.4, 0.5) is 21.5 Å². The molecule has 0 unspecified atom stereocenters. The monoisotopic (exact) mass is 396 g/mol. The van der Waals surface area contributed by atoms with E-state index >= 15 is 0 Å². The number of nitrogens with zero attached hydrogens (tertiary/aromatic N) is 3. The number of amides is 1. The molecule has 2 aromatic rings. The Morgan fingerprint density at radius 2 is 1.52 bits per heavy atom. The van der Waals surface area contributed by atoms with Gasteiger partial charge in [0.1, 0.15) is 5.82 Å². The second kappa shape index (κ2) is 9.27. The number of carbonyl (C=O) groups excluding carboxylic acids is 1. The van der Waals surface area contributed by atoms with Crippen LogP contribution >= 0.6 is 0 Å². The summed E-state index contributed by atoms with van der Waals surface area (Å²) in [6, 6.07) is 15.0. The first-order valence-corrected chi connectivity index (χ1v) is 10.6. The highest BCUT2D eigenvalue weighted by Gasteiger charge is 2.21. The Morgan fingerprint density at radius 3 is 2.21 bits per heavy atom. The lowest BCUT2D eigenvalue weighted by molar-refractivity contribution is -0.117. The fourth-order valence-corrected chi connectivity index (χ4v) is 4.17. The van der Waals surface area contributed by atoms with E-state index in [4.69, 9.17) is 0 Å². The quantitative estimate of drug-likeness (QED) is 0.839. The molecule has 2 heterocycles. The Morgan fingerprint density at radius 1 is 0.828 bits per heavy atom. The highest BCUT2D eigenvalue weighted by atomic mass is 19.1. The third kappa shape index (κ3) is 5.07. The number of benzene rings is 2. The maximum atomic E-state index is 13.9. The van der Waals surface area contributed by atoms with Crippen LogP contribution in [0.1, 0.15) is 19.3 Å². The molecule has 2 saturated heterocycles. The van der Waals surface area contributed by atoms with Gasteiger partial charge in [0, 0.05) is 50.6 Å². The van der Waals surface area contributed by atoms with Crippen LogP contribution in [0.2, 0.25) is 0 Å². The predicted molar refractivity (Wildman–Crippen MR) is 116 cm³/mol. The molecule has 2 fully saturated rings. The Bertz CT molecular complexity index is 812. The minimum Gasteiger partial charge on any atom is -0.372 e. The first-order valence-electron chi connectivity index (χ1n) is 10.6. The highest BCUT2D eigenvalue weighted by Crippen LogP contribution is 2.22. The van der Waals surface area contributed by atoms with Gasteiger partial charge in [-0.25, -0.2) is 4.39 Å². The zero-order valence-electron chi connectivity index (χ0n) is 16.8. The van der Waals surface area contributed by atoms with Gasteiger partial charge in [0.25, 0.3) is 0 Å². The number of carbonyl (C=O) groups is 1. The van der Waals surface area contributed by atoms with Gasteiger partial charge in [0.2, 0.25) is 5.91 Å². The number of piperidine rings is 1. The van der Waals surface area contributed by atoms with Gasteiger partial charge in [0.05, 0.1) is 12.2 Å². The van der Waals surface area contributed by atoms with Gasteiger partial charge in [-0.1, -0.05) is 12.1 Å². The predicted octanol–water partition coefficient (Wildman–Crippen LogP) is 3.58. The molecule has 0 saturated carbocycles. The van der Waals surface area contributed by atoms with Crippen molar-refractivity contribution in [2.75, 3.05) is 60.9 Å². The summed E-state index contributed by atoms with van der Waals surface area (Å²) in [6.07, 6.45) is 3.82. The maximum absolute atomic E-state index is 13.9. The second-order valence-corrected chi connectivity index (χ2v) is 7.86. The van der Waals surface area contributed by atoms with Gasteiger partial charge in [0.15, 0.2) is 0 Å². The van der Waals surface area contributed by atoms with Gasteiger partial charge in [-0.3, -0.25) is 9.69 Å². The molecule has 6 heteroatoms. The van der Waals surface area contributed by atoms with Crippen molar-refractivity contribution in [1.29, 1.82) is 0 Å². The number of anilines is 3. The second-order valence-electron chi connectivity index (χ2n) is 7.86. The zero-order valence-corrected chi connectivity index (χ0v) is 16.8. The third-order valence-corrected chi connectivity index (χ3v) is 5.80. The molecule has 154 valence electrons. The molecular formula is C23H29FN4O. The molecule has 0 spiro atoms. The summed E-state index contributed by atoms with van der Waals surface area (Å²) in [5, 5.41) is 3.00. The van der Waals surface area contributed by atoms with Gasteiger partial charge in [-0.15, -0.1) is 0 Å². The molecule has 0 atom stereocenters. The average molecular weight is 397 g/mol. The summed E-state index contributed by atoms with van der Waals surface area (Å²) in [7, 11) is 0. The third-order valence-electron chi connectivity index (χ3n) is 5.80. The smallest absolute Gasteiger partial charge is 0.238 e. The lowest BCUT2D eigenvalue weighted by Gasteiger charge is -2.35. The van der Waals surface area contributed by atoms with Gasteiger partial charge >= 0.3 is 0 Å². The van der Waals surface area contributed by atoms with Crippen LogP contribution < -0.4 is 15.1 Å². The normalized spacial score (nSPS) is 18.0. The standard InChI is InChI=1S/C23H29FN4O/c24-21-6-2-3-7-22(21)28-16-14-26(15-17-28)18-23(29)25-19-8-10-20(11-9-19)27-12-4-1-5-13-27/h2-3,6-11H,1,4-5,12-18H2,(H,25,29). The van der Waals surface area contributed by atoms with E-state index in [1.54, 1.807) is 6.07 Å². The number of nitrogens with one attached hydrogen (secondary N) is 1. The van der Waals surface area contributed by atoms with Crippen molar-refractivity contribution < 1.29 is 9.18 Å². The molecule has 1 amide bonds. The molecule has 2 aliphatic rings. The van der Waals surface area contributed by atoms with Gasteiger partial charge in [-0.2, -0.15) is 0 Å². The Kier molecular flexibility index (Phi) is 6.30. The Hall–Kier alpha value is -2.60. The number of hydrogen-bond acceptors (Lipinski definition) is 4. The molecule has 5 nitrogen and oxygen atoms in total. The molecule has 2 aromatic carbocycles. The zero-order chi connectivity index (χ0) is 20.1. The van der Waals surface area contributed by atoms with Gasteiger partial charge < -0.3 is 15.1 Å². The van der Waals surface area contributed by atoms with E-state index in [1.807, 2.05) is 29.2 Å². The summed E-state index contributed by atoms with van der Waals surface area (Å²) < 4.78 is 13.9. The van der Waals surface area contributed by atoms with Crippen LogP contribution in [0, 0.1) is 5.82 Å². The fourth-order valence-electron chi connectivity index (χ4n) is 4.17. The summed E-state index contributed by atoms with van der Waals surface area (Å²) >= 11 is 0. The summed E-state index contributed by atoms with van der Waals surface area (Å²) in [5.41, 5.74) is 2.71. The summed E-state index contributed by atoms with van der Waals surface area (Å²) in [5.74, 6) is -0.193. The highest BCUT2D eigenvalue weighted by molar-refractivity contribution is 5.92. The number of halogens is 1. The molecule has 29 heavy (non-hydrogen) atoms. The topological polar surface area (TPSA) is 38.8 Å². The maximum Gasteiger partial charge on any atom is 0.238 e. The van der Waals surface area contributed by atoms with Crippen LogP contribution in [-0.2, 0) is 4.79 Å². The SMILES string of the molecule is O=C(CN1CCN(c2ccccc2F)CC1)Nc1ccc(N2CCCCC2)cc1. The largest absolute Gasteiger partial charge is 0.372 e. The molecule has 4 rings (SSSR count). The van der Waals surface area contributed by atoms with E-state index in [2.05, 4.69) is 27.2 Å². The summed E-state index contributed by atoms with van der Waals surface area (Å²) in [4.78, 5) is 19.0. The van der Waals surface area contributed by atoms with Crippen LogP contribution in [0.3, 0.4) is 0 Å². The van der Waals surface area contributed by atoms with Crippen LogP contribution in [0.5, 0.6) is 0 Å². The number of para-hydroxylation sites is 1. The van der Waals surface area contributed by atoms with Crippen LogP contribution in [0.15, 0.2) is 48.5 Å². The van der Waals surface area contributed by atoms with E-state index in [-0.39, 0.29) is 11.7 Å². The molecule has 0 radical (unpaired) electrons. The first kappa shape index (κ1) is 19.7. The lowest BCUT2D eigenvalue weighted by atomic mass is 10.1. The molecule has 0 aliphatic carbocycles. The van der Waals surface area contributed by atoms with Crippen LogP contribution in [-0.4, -0.2) is 56.6 Å². The molecular weight excluding hydrogens is 367 g/mol. The first-order chi connectivity index (χ1) is 14.2. The van der Waals surface area contributed by atoms with Crippen LogP contribution in [0.25, 0.3) is 0 Å². The van der Waals surface area contributed by atoms with Crippen molar-refractivity contribution in [1.82, 2.24) is 4.90 Å². The van der Waals surface area contributed by atoms with E-state index < -0.39 is 0 Å². The number of hydrogen-bond donors (Lipinski definition) is 1. The summed E-state index contributed by atoms with van der Waals surface area (Å²) in [6.45, 7) is 5.52. The van der Waals surface area contributed by atoms with E-state index in [0.717, 1.165) is 45.0 Å². The Balaban J connectivity index is 1.24. The molecule has 0 bridgehead atoms. The van der Waals surface area contributed by atoms with Crippen molar-refractivity contribution >= 4 is 23.0 Å². The van der Waals surface area contributed by atoms with E-state index in [1.165, 1.54) is 31.0 Å². The Labute approximate surface area is 172 Å². The average Bonchev–Trinajstić information content (AvgIpc) is 2.76. The van der Waals surface area contributed by atoms with Crippen molar-refractivity contribution in [3.05, 3.63) is 54.3 Å². The lowest BCUT2D eigenvalue weighted by Crippen LogP contribution is -2.48. The van der Waals surface area contributed by atoms with Crippen molar-refractivity contribution in [2.45, 2.75) is 19.3 Å². The van der Waals surface area contributed by atoms with E-state index in [0.29, 0.717) is 12.2 Å². The van der Waals surface area contributed by atoms with Crippen molar-refractivity contribution in [2.24, 2.45) is 0 Å². The van der Waals surface area contributed by atoms with Crippen molar-refractivity contribution in [3.63, 3.8) is 0 Å². The van der Waals surface area contributed by atoms with E-state index in [9.17, 15) is 9.18 Å². The fraction of sp³-hybridized carbons (Fsp3) is 0.435. The van der Waals surface area contributed by atoms with Gasteiger partial charge in [-0.05, 0) is 55.7 Å². The minimum absolute atomic E-state index is 0.00457.